The van der Waals surface area contributed by atoms with E-state index in [1.807, 2.05) is 13.0 Å². The van der Waals surface area contributed by atoms with Gasteiger partial charge in [-0.1, -0.05) is 19.1 Å². The fraction of sp³-hybridized carbons (Fsp3) is 0.200. The first-order valence-electron chi connectivity index (χ1n) is 3.87. The van der Waals surface area contributed by atoms with Crippen LogP contribution in [-0.4, -0.2) is 5.91 Å². The Morgan fingerprint density at radius 2 is 2.33 bits per heavy atom. The van der Waals surface area contributed by atoms with Crippen molar-refractivity contribution in [2.24, 2.45) is 0 Å². The lowest BCUT2D eigenvalue weighted by atomic mass is 10.2. The highest BCUT2D eigenvalue weighted by Crippen LogP contribution is 2.09. The Morgan fingerprint density at radius 1 is 1.58 bits per heavy atom. The minimum atomic E-state index is 0.000556. The maximum Gasteiger partial charge on any atom is 0.224 e. The van der Waals surface area contributed by atoms with Crippen molar-refractivity contribution in [3.63, 3.8) is 0 Å². The Kier molecular flexibility index (Phi) is 2.86. The molecule has 0 spiro atoms. The Morgan fingerprint density at radius 3 is 2.92 bits per heavy atom. The monoisotopic (exact) mass is 161 g/mol. The van der Waals surface area contributed by atoms with Crippen LogP contribution in [0.5, 0.6) is 0 Å². The van der Waals surface area contributed by atoms with Gasteiger partial charge in [0.15, 0.2) is 0 Å². The Labute approximate surface area is 72.6 Å². The molecule has 1 N–H and O–H groups in total. The molecule has 0 aromatic heterocycles. The molecule has 0 aliphatic carbocycles. The van der Waals surface area contributed by atoms with Gasteiger partial charge >= 0.3 is 0 Å². The second-order valence-electron chi connectivity index (χ2n) is 2.53. The molecule has 0 heterocycles. The van der Waals surface area contributed by atoms with Gasteiger partial charge in [0.1, 0.15) is 0 Å². The molecule has 0 aliphatic heterocycles. The van der Waals surface area contributed by atoms with Gasteiger partial charge in [0.2, 0.25) is 5.91 Å². The Bertz CT molecular complexity index is 281. The van der Waals surface area contributed by atoms with Crippen molar-refractivity contribution in [1.29, 1.82) is 0 Å². The van der Waals surface area contributed by atoms with Gasteiger partial charge < -0.3 is 5.32 Å². The van der Waals surface area contributed by atoms with E-state index in [1.165, 1.54) is 0 Å². The molecular formula is C10H11NO. The van der Waals surface area contributed by atoms with Crippen molar-refractivity contribution in [2.75, 3.05) is 5.32 Å². The van der Waals surface area contributed by atoms with Gasteiger partial charge in [-0.3, -0.25) is 4.79 Å². The highest BCUT2D eigenvalue weighted by Gasteiger charge is 1.97. The van der Waals surface area contributed by atoms with E-state index in [0.29, 0.717) is 12.0 Å². The first-order chi connectivity index (χ1) is 5.72. The van der Waals surface area contributed by atoms with Crippen molar-refractivity contribution in [3.05, 3.63) is 36.8 Å². The van der Waals surface area contributed by atoms with Crippen molar-refractivity contribution < 1.29 is 4.79 Å². The van der Waals surface area contributed by atoms with E-state index in [1.54, 1.807) is 18.2 Å². The molecule has 1 amide bonds. The predicted octanol–water partition coefficient (Wildman–Crippen LogP) is 2.09. The van der Waals surface area contributed by atoms with E-state index in [4.69, 9.17) is 6.92 Å². The zero-order valence-electron chi connectivity index (χ0n) is 7.00. The Balaban J connectivity index is 2.69. The van der Waals surface area contributed by atoms with Crippen molar-refractivity contribution in [2.45, 2.75) is 13.3 Å². The van der Waals surface area contributed by atoms with Gasteiger partial charge in [0.05, 0.1) is 0 Å². The topological polar surface area (TPSA) is 29.1 Å². The molecule has 1 rings (SSSR count). The zero-order valence-corrected chi connectivity index (χ0v) is 7.00. The highest BCUT2D eigenvalue weighted by atomic mass is 16.1. The van der Waals surface area contributed by atoms with Crippen LogP contribution < -0.4 is 5.32 Å². The van der Waals surface area contributed by atoms with Gasteiger partial charge in [0, 0.05) is 12.1 Å². The second-order valence-corrected chi connectivity index (χ2v) is 2.53. The molecular weight excluding hydrogens is 150 g/mol. The lowest BCUT2D eigenvalue weighted by Crippen LogP contribution is -2.09. The molecule has 0 saturated heterocycles. The summed E-state index contributed by atoms with van der Waals surface area (Å²) in [5.41, 5.74) is 1.41. The number of amides is 1. The molecule has 0 aliphatic rings. The van der Waals surface area contributed by atoms with Crippen LogP contribution in [0.3, 0.4) is 0 Å². The number of carbonyl (C=O) groups is 1. The summed E-state index contributed by atoms with van der Waals surface area (Å²) in [4.78, 5) is 10.9. The smallest absolute Gasteiger partial charge is 0.224 e. The summed E-state index contributed by atoms with van der Waals surface area (Å²) in [6.45, 7) is 7.33. The average molecular weight is 161 g/mol. The maximum absolute atomic E-state index is 10.9. The third-order valence-electron chi connectivity index (χ3n) is 1.49. The number of rotatable bonds is 2. The van der Waals surface area contributed by atoms with Crippen molar-refractivity contribution in [3.8, 4) is 0 Å². The van der Waals surface area contributed by atoms with E-state index in [0.717, 1.165) is 5.69 Å². The average Bonchev–Trinajstić information content (AvgIpc) is 2.04. The number of hydrogen-bond donors (Lipinski definition) is 1. The predicted molar refractivity (Wildman–Crippen MR) is 48.8 cm³/mol. The first kappa shape index (κ1) is 8.78. The minimum Gasteiger partial charge on any atom is -0.326 e. The van der Waals surface area contributed by atoms with E-state index >= 15 is 0 Å². The molecule has 2 heteroatoms. The van der Waals surface area contributed by atoms with E-state index in [2.05, 4.69) is 5.32 Å². The summed E-state index contributed by atoms with van der Waals surface area (Å²) in [5, 5.41) is 2.71. The number of hydrogen-bond acceptors (Lipinski definition) is 1. The van der Waals surface area contributed by atoms with Gasteiger partial charge in [-0.2, -0.15) is 0 Å². The molecule has 0 bridgehead atoms. The quantitative estimate of drug-likeness (QED) is 0.707. The number of benzene rings is 1. The summed E-state index contributed by atoms with van der Waals surface area (Å²) in [6, 6.07) is 7.12. The number of carbonyl (C=O) groups excluding carboxylic acids is 1. The molecule has 0 unspecified atom stereocenters. The summed E-state index contributed by atoms with van der Waals surface area (Å²) >= 11 is 0. The minimum absolute atomic E-state index is 0.000556. The van der Waals surface area contributed by atoms with Gasteiger partial charge in [-0.05, 0) is 24.6 Å². The number of nitrogens with one attached hydrogen (secondary N) is 1. The van der Waals surface area contributed by atoms with Crippen molar-refractivity contribution >= 4 is 11.6 Å². The lowest BCUT2D eigenvalue weighted by Gasteiger charge is -2.02. The molecule has 0 saturated carbocycles. The highest BCUT2D eigenvalue weighted by molar-refractivity contribution is 5.90. The maximum atomic E-state index is 10.9. The molecule has 1 aromatic rings. The molecule has 2 nitrogen and oxygen atoms in total. The van der Waals surface area contributed by atoms with E-state index in [-0.39, 0.29) is 5.91 Å². The van der Waals surface area contributed by atoms with E-state index in [9.17, 15) is 4.79 Å². The van der Waals surface area contributed by atoms with Gasteiger partial charge in [-0.25, -0.2) is 0 Å². The normalized spacial score (nSPS) is 9.50. The third-order valence-corrected chi connectivity index (χ3v) is 1.49. The van der Waals surface area contributed by atoms with Gasteiger partial charge in [0.25, 0.3) is 0 Å². The fourth-order valence-corrected chi connectivity index (χ4v) is 0.866. The van der Waals surface area contributed by atoms with Crippen LogP contribution in [0.2, 0.25) is 0 Å². The van der Waals surface area contributed by atoms with E-state index < -0.39 is 0 Å². The van der Waals surface area contributed by atoms with Gasteiger partial charge in [-0.15, -0.1) is 0 Å². The lowest BCUT2D eigenvalue weighted by molar-refractivity contribution is -0.115. The molecule has 0 atom stereocenters. The fourth-order valence-electron chi connectivity index (χ4n) is 0.866. The molecule has 0 fully saturated rings. The zero-order chi connectivity index (χ0) is 8.97. The van der Waals surface area contributed by atoms with Crippen LogP contribution in [0.15, 0.2) is 24.3 Å². The summed E-state index contributed by atoms with van der Waals surface area (Å²) in [7, 11) is 0. The van der Waals surface area contributed by atoms with Crippen LogP contribution in [-0.2, 0) is 4.79 Å². The van der Waals surface area contributed by atoms with Crippen LogP contribution >= 0.6 is 0 Å². The second kappa shape index (κ2) is 3.90. The number of anilines is 1. The first-order valence-corrected chi connectivity index (χ1v) is 3.87. The van der Waals surface area contributed by atoms with Crippen LogP contribution in [0.4, 0.5) is 5.69 Å². The summed E-state index contributed by atoms with van der Waals surface area (Å²) < 4.78 is 0. The standard InChI is InChI=1S/C10H11NO/c1-3-10(12)11-9-6-4-5-8(2)7-9/h2,4-7H,3H2,1H3,(H,11,12). The van der Waals surface area contributed by atoms with Crippen LogP contribution in [0.25, 0.3) is 0 Å². The van der Waals surface area contributed by atoms with Crippen LogP contribution in [0.1, 0.15) is 18.9 Å². The molecule has 1 aromatic carbocycles. The molecule has 12 heavy (non-hydrogen) atoms. The molecule has 2 radical (unpaired) electrons. The third kappa shape index (κ3) is 2.38. The summed E-state index contributed by atoms with van der Waals surface area (Å²) in [5.74, 6) is 0.000556. The summed E-state index contributed by atoms with van der Waals surface area (Å²) in [6.07, 6.45) is 0.481. The molecule has 62 valence electrons. The van der Waals surface area contributed by atoms with Crippen LogP contribution in [0, 0.1) is 6.92 Å². The Hall–Kier alpha value is -1.31. The largest absolute Gasteiger partial charge is 0.326 e. The SMILES string of the molecule is [CH]c1cccc(NC(=O)CC)c1. The van der Waals surface area contributed by atoms with Crippen molar-refractivity contribution in [1.82, 2.24) is 0 Å².